The monoisotopic (exact) mass is 378 g/mol. The van der Waals surface area contributed by atoms with Gasteiger partial charge in [0.05, 0.1) is 0 Å². The maximum absolute atomic E-state index is 14.0. The molecule has 0 radical (unpaired) electrons. The maximum atomic E-state index is 14.0. The fraction of sp³-hybridized carbons (Fsp3) is 0.462. The van der Waals surface area contributed by atoms with Crippen molar-refractivity contribution in [1.29, 1.82) is 0 Å². The molecule has 1 aromatic rings. The van der Waals surface area contributed by atoms with Crippen LogP contribution < -0.4 is 0 Å². The van der Waals surface area contributed by atoms with Crippen molar-refractivity contribution < 1.29 is 17.6 Å². The second kappa shape index (κ2) is 6.02. The lowest BCUT2D eigenvalue weighted by Gasteiger charge is -2.25. The summed E-state index contributed by atoms with van der Waals surface area (Å²) in [6.45, 7) is 0.224. The Balaban J connectivity index is 2.41. The third-order valence-corrected chi connectivity index (χ3v) is 5.84. The van der Waals surface area contributed by atoms with Crippen molar-refractivity contribution in [3.05, 3.63) is 28.5 Å². The van der Waals surface area contributed by atoms with Gasteiger partial charge in [0.1, 0.15) is 16.8 Å². The van der Waals surface area contributed by atoms with Crippen LogP contribution in [-0.4, -0.2) is 50.2 Å². The van der Waals surface area contributed by atoms with Gasteiger partial charge in [-0.2, -0.15) is 4.31 Å². The summed E-state index contributed by atoms with van der Waals surface area (Å²) in [7, 11) is -0.874. The minimum absolute atomic E-state index is 0.224. The van der Waals surface area contributed by atoms with E-state index in [1.54, 1.807) is 14.1 Å². The molecule has 1 aliphatic rings. The normalized spacial score (nSPS) is 19.7. The quantitative estimate of drug-likeness (QED) is 0.805. The highest BCUT2D eigenvalue weighted by Gasteiger charge is 2.41. The highest BCUT2D eigenvalue weighted by atomic mass is 79.9. The SMILES string of the molecule is CN(C)C(=O)C1CCCN1S(=O)(=O)c1ccc(Br)cc1F. The highest BCUT2D eigenvalue weighted by Crippen LogP contribution is 2.29. The van der Waals surface area contributed by atoms with Gasteiger partial charge in [0.2, 0.25) is 15.9 Å². The lowest BCUT2D eigenvalue weighted by molar-refractivity contribution is -0.132. The number of sulfonamides is 1. The van der Waals surface area contributed by atoms with Gasteiger partial charge in [-0.3, -0.25) is 4.79 Å². The molecule has 0 aliphatic carbocycles. The van der Waals surface area contributed by atoms with E-state index >= 15 is 0 Å². The molecule has 0 saturated carbocycles. The maximum Gasteiger partial charge on any atom is 0.246 e. The highest BCUT2D eigenvalue weighted by molar-refractivity contribution is 9.10. The molecule has 2 rings (SSSR count). The zero-order valence-corrected chi connectivity index (χ0v) is 14.1. The molecule has 1 atom stereocenters. The summed E-state index contributed by atoms with van der Waals surface area (Å²) in [6, 6.07) is 3.03. The molecule has 21 heavy (non-hydrogen) atoms. The summed E-state index contributed by atoms with van der Waals surface area (Å²) in [5.41, 5.74) is 0. The third kappa shape index (κ3) is 3.12. The van der Waals surface area contributed by atoms with E-state index in [0.29, 0.717) is 17.3 Å². The Labute approximate surface area is 131 Å². The van der Waals surface area contributed by atoms with Crippen LogP contribution in [0.2, 0.25) is 0 Å². The van der Waals surface area contributed by atoms with Gasteiger partial charge in [-0.05, 0) is 31.0 Å². The van der Waals surface area contributed by atoms with Gasteiger partial charge in [0, 0.05) is 25.1 Å². The summed E-state index contributed by atoms with van der Waals surface area (Å²) in [6.07, 6.45) is 1.04. The molecule has 0 spiro atoms. The lowest BCUT2D eigenvalue weighted by Crippen LogP contribution is -2.45. The van der Waals surface area contributed by atoms with Crippen LogP contribution in [0.15, 0.2) is 27.6 Å². The summed E-state index contributed by atoms with van der Waals surface area (Å²) in [4.78, 5) is 13.0. The fourth-order valence-electron chi connectivity index (χ4n) is 2.38. The van der Waals surface area contributed by atoms with Crippen LogP contribution in [0, 0.1) is 5.82 Å². The molecule has 1 fully saturated rings. The predicted molar refractivity (Wildman–Crippen MR) is 79.7 cm³/mol. The first-order valence-corrected chi connectivity index (χ1v) is 8.66. The Hall–Kier alpha value is -0.990. The van der Waals surface area contributed by atoms with Gasteiger partial charge in [-0.1, -0.05) is 15.9 Å². The topological polar surface area (TPSA) is 57.7 Å². The summed E-state index contributed by atoms with van der Waals surface area (Å²) in [5, 5.41) is 0. The summed E-state index contributed by atoms with van der Waals surface area (Å²) < 4.78 is 40.7. The van der Waals surface area contributed by atoms with Crippen LogP contribution in [-0.2, 0) is 14.8 Å². The molecule has 116 valence electrons. The molecule has 0 aromatic heterocycles. The van der Waals surface area contributed by atoms with Gasteiger partial charge in [-0.25, -0.2) is 12.8 Å². The number of amides is 1. The van der Waals surface area contributed by atoms with Crippen molar-refractivity contribution in [3.63, 3.8) is 0 Å². The van der Waals surface area contributed by atoms with Crippen molar-refractivity contribution >= 4 is 31.9 Å². The Morgan fingerprint density at radius 1 is 1.43 bits per heavy atom. The average Bonchev–Trinajstić information content (AvgIpc) is 2.86. The van der Waals surface area contributed by atoms with E-state index in [-0.39, 0.29) is 12.5 Å². The van der Waals surface area contributed by atoms with Crippen molar-refractivity contribution in [2.24, 2.45) is 0 Å². The van der Waals surface area contributed by atoms with E-state index < -0.39 is 26.8 Å². The Morgan fingerprint density at radius 3 is 2.67 bits per heavy atom. The van der Waals surface area contributed by atoms with Crippen LogP contribution in [0.4, 0.5) is 4.39 Å². The number of hydrogen-bond donors (Lipinski definition) is 0. The average molecular weight is 379 g/mol. The molecule has 1 saturated heterocycles. The Kier molecular flexibility index (Phi) is 4.69. The van der Waals surface area contributed by atoms with Crippen LogP contribution >= 0.6 is 15.9 Å². The Bertz CT molecular complexity index is 663. The van der Waals surface area contributed by atoms with Crippen LogP contribution in [0.5, 0.6) is 0 Å². The number of carbonyl (C=O) groups is 1. The van der Waals surface area contributed by atoms with E-state index in [0.717, 1.165) is 10.4 Å². The van der Waals surface area contributed by atoms with Crippen molar-refractivity contribution in [1.82, 2.24) is 9.21 Å². The van der Waals surface area contributed by atoms with Crippen LogP contribution in [0.1, 0.15) is 12.8 Å². The van der Waals surface area contributed by atoms with E-state index in [4.69, 9.17) is 0 Å². The molecule has 5 nitrogen and oxygen atoms in total. The number of nitrogens with zero attached hydrogens (tertiary/aromatic N) is 2. The van der Waals surface area contributed by atoms with Gasteiger partial charge in [-0.15, -0.1) is 0 Å². The first-order valence-electron chi connectivity index (χ1n) is 6.43. The lowest BCUT2D eigenvalue weighted by atomic mass is 10.2. The van der Waals surface area contributed by atoms with Gasteiger partial charge in [0.25, 0.3) is 0 Å². The smallest absolute Gasteiger partial charge is 0.246 e. The summed E-state index contributed by atoms with van der Waals surface area (Å²) >= 11 is 3.09. The van der Waals surface area contributed by atoms with E-state index in [1.807, 2.05) is 0 Å². The minimum atomic E-state index is -4.02. The number of benzene rings is 1. The number of rotatable bonds is 3. The number of likely N-dealkylation sites (N-methyl/N-ethyl adjacent to an activating group) is 1. The van der Waals surface area contributed by atoms with E-state index in [2.05, 4.69) is 15.9 Å². The second-order valence-electron chi connectivity index (χ2n) is 5.08. The molecule has 0 bridgehead atoms. The van der Waals surface area contributed by atoms with Crippen molar-refractivity contribution in [2.45, 2.75) is 23.8 Å². The molecular formula is C13H16BrFN2O3S. The first-order chi connectivity index (χ1) is 9.75. The standard InChI is InChI=1S/C13H16BrFN2O3S/c1-16(2)13(18)11-4-3-7-17(11)21(19,20)12-6-5-9(14)8-10(12)15/h5-6,8,11H,3-4,7H2,1-2H3. The largest absolute Gasteiger partial charge is 0.347 e. The molecule has 1 aliphatic heterocycles. The molecular weight excluding hydrogens is 363 g/mol. The molecule has 8 heteroatoms. The zero-order valence-electron chi connectivity index (χ0n) is 11.7. The van der Waals surface area contributed by atoms with Gasteiger partial charge >= 0.3 is 0 Å². The van der Waals surface area contributed by atoms with E-state index in [9.17, 15) is 17.6 Å². The first kappa shape index (κ1) is 16.4. The third-order valence-electron chi connectivity index (χ3n) is 3.41. The van der Waals surface area contributed by atoms with Crippen LogP contribution in [0.3, 0.4) is 0 Å². The second-order valence-corrected chi connectivity index (χ2v) is 7.86. The Morgan fingerprint density at radius 2 is 2.10 bits per heavy atom. The molecule has 1 amide bonds. The number of halogens is 2. The number of hydrogen-bond acceptors (Lipinski definition) is 3. The van der Waals surface area contributed by atoms with E-state index in [1.165, 1.54) is 17.0 Å². The van der Waals surface area contributed by atoms with Gasteiger partial charge < -0.3 is 4.90 Å². The van der Waals surface area contributed by atoms with Crippen molar-refractivity contribution in [2.75, 3.05) is 20.6 Å². The van der Waals surface area contributed by atoms with Crippen LogP contribution in [0.25, 0.3) is 0 Å². The minimum Gasteiger partial charge on any atom is -0.347 e. The molecule has 0 N–H and O–H groups in total. The molecule has 1 unspecified atom stereocenters. The fourth-order valence-corrected chi connectivity index (χ4v) is 4.41. The van der Waals surface area contributed by atoms with Gasteiger partial charge in [0.15, 0.2) is 0 Å². The zero-order chi connectivity index (χ0) is 15.8. The summed E-state index contributed by atoms with van der Waals surface area (Å²) in [5.74, 6) is -1.11. The number of carbonyl (C=O) groups excluding carboxylic acids is 1. The molecule has 1 aromatic carbocycles. The van der Waals surface area contributed by atoms with Crippen molar-refractivity contribution in [3.8, 4) is 0 Å². The molecule has 1 heterocycles. The predicted octanol–water partition coefficient (Wildman–Crippen LogP) is 1.83.